The number of hydrogen-bond donors (Lipinski definition) is 0. The van der Waals surface area contributed by atoms with Gasteiger partial charge in [-0.05, 0) is 66.5 Å². The van der Waals surface area contributed by atoms with Gasteiger partial charge in [-0.3, -0.25) is 0 Å². The summed E-state index contributed by atoms with van der Waals surface area (Å²) in [6, 6.07) is 25.5. The third-order valence-corrected chi connectivity index (χ3v) is 6.73. The van der Waals surface area contributed by atoms with E-state index in [1.165, 1.54) is 44.5 Å². The lowest BCUT2D eigenvalue weighted by atomic mass is 9.64. The molecule has 1 atom stereocenters. The van der Waals surface area contributed by atoms with Crippen LogP contribution in [-0.2, 0) is 5.41 Å². The monoisotopic (exact) mass is 376 g/mol. The van der Waals surface area contributed by atoms with Crippen molar-refractivity contribution in [2.45, 2.75) is 39.5 Å². The van der Waals surface area contributed by atoms with Crippen LogP contribution in [0.2, 0.25) is 0 Å². The van der Waals surface area contributed by atoms with Crippen LogP contribution in [0.25, 0.3) is 5.57 Å². The Morgan fingerprint density at radius 2 is 1.28 bits per heavy atom. The summed E-state index contributed by atoms with van der Waals surface area (Å²) in [6.45, 7) is 8.88. The van der Waals surface area contributed by atoms with Crippen molar-refractivity contribution in [3.63, 3.8) is 0 Å². The van der Waals surface area contributed by atoms with E-state index in [2.05, 4.69) is 107 Å². The predicted octanol–water partition coefficient (Wildman–Crippen LogP) is 7.31. The van der Waals surface area contributed by atoms with Crippen molar-refractivity contribution < 1.29 is 0 Å². The van der Waals surface area contributed by atoms with Gasteiger partial charge in [0.25, 0.3) is 0 Å². The SMILES string of the molecule is Cc1ccc(C2(c3ccc(C)cc3)C3=C(C=CC(C)C3)c3cc(C)ccc32)cc1. The van der Waals surface area contributed by atoms with Crippen LogP contribution in [0.1, 0.15) is 52.3 Å². The first-order valence-corrected chi connectivity index (χ1v) is 10.7. The minimum Gasteiger partial charge on any atom is -0.0808 e. The quantitative estimate of drug-likeness (QED) is 0.440. The van der Waals surface area contributed by atoms with Crippen LogP contribution in [0.5, 0.6) is 0 Å². The van der Waals surface area contributed by atoms with Crippen molar-refractivity contribution in [3.8, 4) is 0 Å². The molecule has 0 N–H and O–H groups in total. The molecule has 0 amide bonds. The average Bonchev–Trinajstić information content (AvgIpc) is 2.99. The maximum absolute atomic E-state index is 2.38. The van der Waals surface area contributed by atoms with Gasteiger partial charge in [0, 0.05) is 0 Å². The van der Waals surface area contributed by atoms with Crippen molar-refractivity contribution in [2.75, 3.05) is 0 Å². The molecule has 3 aromatic carbocycles. The van der Waals surface area contributed by atoms with Gasteiger partial charge in [0.2, 0.25) is 0 Å². The van der Waals surface area contributed by atoms with E-state index in [1.54, 1.807) is 5.57 Å². The largest absolute Gasteiger partial charge is 0.0808 e. The molecule has 0 nitrogen and oxygen atoms in total. The minimum absolute atomic E-state index is 0.210. The van der Waals surface area contributed by atoms with E-state index >= 15 is 0 Å². The van der Waals surface area contributed by atoms with Gasteiger partial charge in [0.15, 0.2) is 0 Å². The minimum atomic E-state index is -0.210. The molecule has 0 heterocycles. The van der Waals surface area contributed by atoms with Crippen molar-refractivity contribution in [1.29, 1.82) is 0 Å². The molecule has 0 aliphatic heterocycles. The van der Waals surface area contributed by atoms with E-state index in [-0.39, 0.29) is 5.41 Å². The molecule has 144 valence electrons. The predicted molar refractivity (Wildman–Crippen MR) is 123 cm³/mol. The van der Waals surface area contributed by atoms with Gasteiger partial charge in [0.1, 0.15) is 0 Å². The third-order valence-electron chi connectivity index (χ3n) is 6.73. The van der Waals surface area contributed by atoms with Gasteiger partial charge in [-0.25, -0.2) is 0 Å². The lowest BCUT2D eigenvalue weighted by Gasteiger charge is -2.37. The zero-order chi connectivity index (χ0) is 20.2. The van der Waals surface area contributed by atoms with E-state index < -0.39 is 0 Å². The highest BCUT2D eigenvalue weighted by Crippen LogP contribution is 2.57. The van der Waals surface area contributed by atoms with Crippen LogP contribution in [0.4, 0.5) is 0 Å². The second-order valence-corrected chi connectivity index (χ2v) is 8.96. The fourth-order valence-electron chi connectivity index (χ4n) is 5.27. The maximum atomic E-state index is 2.38. The van der Waals surface area contributed by atoms with E-state index in [4.69, 9.17) is 0 Å². The molecule has 3 aromatic rings. The first kappa shape index (κ1) is 18.2. The molecular formula is C29H28. The summed E-state index contributed by atoms with van der Waals surface area (Å²) >= 11 is 0. The van der Waals surface area contributed by atoms with Crippen LogP contribution >= 0.6 is 0 Å². The standard InChI is InChI=1S/C29H28/c1-19-5-11-23(12-6-19)29(24-13-7-20(2)8-14-24)27-16-10-21(3)17-26(27)25-15-9-22(4)18-28(25)29/h5-17,22H,18H2,1-4H3. The average molecular weight is 377 g/mol. The lowest BCUT2D eigenvalue weighted by Crippen LogP contribution is -2.31. The van der Waals surface area contributed by atoms with Crippen molar-refractivity contribution in [2.24, 2.45) is 5.92 Å². The van der Waals surface area contributed by atoms with Crippen LogP contribution < -0.4 is 0 Å². The van der Waals surface area contributed by atoms with Crippen molar-refractivity contribution in [1.82, 2.24) is 0 Å². The Balaban J connectivity index is 1.91. The summed E-state index contributed by atoms with van der Waals surface area (Å²) in [5, 5.41) is 0. The Bertz CT molecular complexity index is 1090. The van der Waals surface area contributed by atoms with Gasteiger partial charge in [-0.1, -0.05) is 102 Å². The smallest absolute Gasteiger partial charge is 0.0676 e. The number of hydrogen-bond acceptors (Lipinski definition) is 0. The molecule has 0 spiro atoms. The highest BCUT2D eigenvalue weighted by Gasteiger charge is 2.47. The molecule has 5 rings (SSSR count). The highest BCUT2D eigenvalue weighted by atomic mass is 14.5. The van der Waals surface area contributed by atoms with Crippen molar-refractivity contribution in [3.05, 3.63) is 123 Å². The third kappa shape index (κ3) is 2.66. The Morgan fingerprint density at radius 3 is 1.86 bits per heavy atom. The fraction of sp³-hybridized carbons (Fsp3) is 0.241. The number of allylic oxidation sites excluding steroid dienone is 4. The molecule has 0 radical (unpaired) electrons. The van der Waals surface area contributed by atoms with Gasteiger partial charge in [-0.2, -0.15) is 0 Å². The first-order chi connectivity index (χ1) is 14.0. The summed E-state index contributed by atoms with van der Waals surface area (Å²) in [6.07, 6.45) is 5.86. The molecule has 0 fully saturated rings. The van der Waals surface area contributed by atoms with Gasteiger partial charge in [-0.15, -0.1) is 0 Å². The molecule has 0 saturated carbocycles. The van der Waals surface area contributed by atoms with Crippen LogP contribution in [0, 0.1) is 26.7 Å². The molecule has 0 saturated heterocycles. The molecule has 1 unspecified atom stereocenters. The second kappa shape index (κ2) is 6.59. The number of aryl methyl sites for hydroxylation is 3. The molecule has 29 heavy (non-hydrogen) atoms. The molecule has 0 aromatic heterocycles. The van der Waals surface area contributed by atoms with Crippen molar-refractivity contribution >= 4 is 5.57 Å². The fourth-order valence-corrected chi connectivity index (χ4v) is 5.27. The molecular weight excluding hydrogens is 348 g/mol. The van der Waals surface area contributed by atoms with Gasteiger partial charge >= 0.3 is 0 Å². The molecule has 2 aliphatic carbocycles. The van der Waals surface area contributed by atoms with E-state index in [0.29, 0.717) is 5.92 Å². The number of fused-ring (bicyclic) bond motifs is 2. The zero-order valence-electron chi connectivity index (χ0n) is 17.8. The maximum Gasteiger partial charge on any atom is 0.0676 e. The molecule has 0 bridgehead atoms. The topological polar surface area (TPSA) is 0 Å². The number of rotatable bonds is 2. The Hall–Kier alpha value is -2.86. The van der Waals surface area contributed by atoms with E-state index in [1.807, 2.05) is 0 Å². The lowest BCUT2D eigenvalue weighted by molar-refractivity contribution is 0.622. The Labute approximate surface area is 174 Å². The summed E-state index contributed by atoms with van der Waals surface area (Å²) < 4.78 is 0. The van der Waals surface area contributed by atoms with Crippen LogP contribution in [-0.4, -0.2) is 0 Å². The van der Waals surface area contributed by atoms with E-state index in [9.17, 15) is 0 Å². The summed E-state index contributed by atoms with van der Waals surface area (Å²) in [5.41, 5.74) is 12.3. The normalized spacial score (nSPS) is 19.2. The Morgan fingerprint density at radius 1 is 0.724 bits per heavy atom. The van der Waals surface area contributed by atoms with Crippen LogP contribution in [0.15, 0.2) is 84.5 Å². The first-order valence-electron chi connectivity index (χ1n) is 10.7. The van der Waals surface area contributed by atoms with Crippen LogP contribution in [0.3, 0.4) is 0 Å². The van der Waals surface area contributed by atoms with Gasteiger partial charge in [0.05, 0.1) is 5.41 Å². The number of benzene rings is 3. The summed E-state index contributed by atoms with van der Waals surface area (Å²) in [4.78, 5) is 0. The Kier molecular flexibility index (Phi) is 4.13. The summed E-state index contributed by atoms with van der Waals surface area (Å²) in [5.74, 6) is 0.555. The van der Waals surface area contributed by atoms with E-state index in [0.717, 1.165) is 6.42 Å². The van der Waals surface area contributed by atoms with Gasteiger partial charge < -0.3 is 0 Å². The summed E-state index contributed by atoms with van der Waals surface area (Å²) in [7, 11) is 0. The highest BCUT2D eigenvalue weighted by molar-refractivity contribution is 5.91. The second-order valence-electron chi connectivity index (χ2n) is 8.96. The zero-order valence-corrected chi connectivity index (χ0v) is 17.8. The molecule has 2 aliphatic rings. The molecule has 0 heteroatoms.